The van der Waals surface area contributed by atoms with Gasteiger partial charge in [-0.15, -0.1) is 0 Å². The van der Waals surface area contributed by atoms with Crippen molar-refractivity contribution in [3.63, 3.8) is 0 Å². The number of sulfonamides is 1. The summed E-state index contributed by atoms with van der Waals surface area (Å²) in [6, 6.07) is 9.67. The summed E-state index contributed by atoms with van der Waals surface area (Å²) < 4.78 is 23.5. The third-order valence-corrected chi connectivity index (χ3v) is 4.66. The van der Waals surface area contributed by atoms with Crippen LogP contribution in [0.1, 0.15) is 21.5 Å². The highest BCUT2D eigenvalue weighted by molar-refractivity contribution is 7.89. The van der Waals surface area contributed by atoms with Gasteiger partial charge in [-0.2, -0.15) is 0 Å². The number of nitrogens with one attached hydrogen (secondary N) is 2. The Balaban J connectivity index is 2.28. The van der Waals surface area contributed by atoms with Crippen LogP contribution in [0, 0.1) is 5.41 Å². The SMILES string of the molecule is N=C(N)c1c(-c2ccc3c(c2)C(=O)NC3)cccc1S(N)(=O)=O. The Kier molecular flexibility index (Phi) is 3.42. The molecule has 0 saturated carbocycles. The molecule has 8 heteroatoms. The number of carbonyl (C=O) groups is 1. The second-order valence-electron chi connectivity index (χ2n) is 5.19. The van der Waals surface area contributed by atoms with Crippen LogP contribution >= 0.6 is 0 Å². The molecule has 7 nitrogen and oxygen atoms in total. The first-order valence-corrected chi connectivity index (χ1v) is 8.25. The predicted octanol–water partition coefficient (Wildman–Crippen LogP) is 0.528. The minimum atomic E-state index is -4.03. The molecular weight excluding hydrogens is 316 g/mol. The molecule has 0 aromatic heterocycles. The van der Waals surface area contributed by atoms with Crippen molar-refractivity contribution in [1.82, 2.24) is 5.32 Å². The van der Waals surface area contributed by atoms with Crippen molar-refractivity contribution in [3.05, 3.63) is 53.1 Å². The zero-order valence-corrected chi connectivity index (χ0v) is 12.8. The van der Waals surface area contributed by atoms with E-state index in [1.54, 1.807) is 24.3 Å². The Bertz CT molecular complexity index is 951. The molecular formula is C15H14N4O3S. The van der Waals surface area contributed by atoms with Crippen LogP contribution < -0.4 is 16.2 Å². The van der Waals surface area contributed by atoms with Gasteiger partial charge in [-0.1, -0.05) is 24.3 Å². The lowest BCUT2D eigenvalue weighted by Gasteiger charge is -2.13. The van der Waals surface area contributed by atoms with Gasteiger partial charge in [0.05, 0.1) is 4.90 Å². The van der Waals surface area contributed by atoms with Crippen LogP contribution in [-0.4, -0.2) is 20.2 Å². The monoisotopic (exact) mass is 330 g/mol. The average Bonchev–Trinajstić information content (AvgIpc) is 2.86. The molecule has 0 saturated heterocycles. The number of carbonyl (C=O) groups excluding carboxylic acids is 1. The number of hydrogen-bond donors (Lipinski definition) is 4. The van der Waals surface area contributed by atoms with Gasteiger partial charge in [-0.05, 0) is 28.8 Å². The smallest absolute Gasteiger partial charge is 0.251 e. The van der Waals surface area contributed by atoms with Gasteiger partial charge in [0.15, 0.2) is 0 Å². The number of fused-ring (bicyclic) bond motifs is 1. The van der Waals surface area contributed by atoms with Crippen LogP contribution in [-0.2, 0) is 16.6 Å². The molecule has 2 aromatic rings. The van der Waals surface area contributed by atoms with Gasteiger partial charge in [-0.25, -0.2) is 13.6 Å². The molecule has 0 fully saturated rings. The van der Waals surface area contributed by atoms with Crippen molar-refractivity contribution in [2.75, 3.05) is 0 Å². The third-order valence-electron chi connectivity index (χ3n) is 3.71. The minimum Gasteiger partial charge on any atom is -0.384 e. The molecule has 0 atom stereocenters. The van der Waals surface area contributed by atoms with Crippen LogP contribution in [0.2, 0.25) is 0 Å². The van der Waals surface area contributed by atoms with Gasteiger partial charge >= 0.3 is 0 Å². The van der Waals surface area contributed by atoms with E-state index >= 15 is 0 Å². The molecule has 1 aliphatic heterocycles. The Hall–Kier alpha value is -2.71. The lowest BCUT2D eigenvalue weighted by Crippen LogP contribution is -2.21. The molecule has 0 bridgehead atoms. The second-order valence-corrected chi connectivity index (χ2v) is 6.72. The zero-order valence-electron chi connectivity index (χ0n) is 12.0. The Morgan fingerprint density at radius 3 is 2.57 bits per heavy atom. The maximum absolute atomic E-state index is 11.8. The van der Waals surface area contributed by atoms with Gasteiger partial charge < -0.3 is 11.1 Å². The second kappa shape index (κ2) is 5.18. The quantitative estimate of drug-likeness (QED) is 0.481. The van der Waals surface area contributed by atoms with Crippen molar-refractivity contribution in [2.45, 2.75) is 11.4 Å². The van der Waals surface area contributed by atoms with Crippen LogP contribution in [0.4, 0.5) is 0 Å². The van der Waals surface area contributed by atoms with Gasteiger partial charge in [0.25, 0.3) is 5.91 Å². The Morgan fingerprint density at radius 2 is 1.91 bits per heavy atom. The molecule has 1 aliphatic rings. The van der Waals surface area contributed by atoms with E-state index in [1.807, 2.05) is 0 Å². The number of nitrogen functional groups attached to an aromatic ring is 1. The molecule has 2 aromatic carbocycles. The first kappa shape index (κ1) is 15.2. The van der Waals surface area contributed by atoms with E-state index in [0.717, 1.165) is 5.56 Å². The van der Waals surface area contributed by atoms with E-state index in [9.17, 15) is 13.2 Å². The van der Waals surface area contributed by atoms with E-state index < -0.39 is 15.9 Å². The van der Waals surface area contributed by atoms with Crippen LogP contribution in [0.15, 0.2) is 41.3 Å². The molecule has 118 valence electrons. The first-order chi connectivity index (χ1) is 10.8. The number of primary sulfonamides is 1. The molecule has 0 aliphatic carbocycles. The summed E-state index contributed by atoms with van der Waals surface area (Å²) in [7, 11) is -4.03. The van der Waals surface area contributed by atoms with Gasteiger partial charge in [0.2, 0.25) is 10.0 Å². The highest BCUT2D eigenvalue weighted by atomic mass is 32.2. The van der Waals surface area contributed by atoms with Crippen molar-refractivity contribution in [2.24, 2.45) is 10.9 Å². The van der Waals surface area contributed by atoms with E-state index in [1.165, 1.54) is 12.1 Å². The molecule has 23 heavy (non-hydrogen) atoms. The van der Waals surface area contributed by atoms with Crippen LogP contribution in [0.25, 0.3) is 11.1 Å². The average molecular weight is 330 g/mol. The molecule has 1 amide bonds. The van der Waals surface area contributed by atoms with Crippen LogP contribution in [0.3, 0.4) is 0 Å². The molecule has 6 N–H and O–H groups in total. The number of rotatable bonds is 3. The lowest BCUT2D eigenvalue weighted by atomic mass is 9.96. The van der Waals surface area contributed by atoms with Crippen molar-refractivity contribution >= 4 is 21.8 Å². The fourth-order valence-corrected chi connectivity index (χ4v) is 3.44. The Morgan fingerprint density at radius 1 is 1.17 bits per heavy atom. The Labute approximate surface area is 132 Å². The predicted molar refractivity (Wildman–Crippen MR) is 85.4 cm³/mol. The fraction of sp³-hybridized carbons (Fsp3) is 0.0667. The molecule has 0 radical (unpaired) electrons. The zero-order chi connectivity index (χ0) is 16.8. The highest BCUT2D eigenvalue weighted by Crippen LogP contribution is 2.30. The number of benzene rings is 2. The fourth-order valence-electron chi connectivity index (χ4n) is 2.67. The number of amides is 1. The summed E-state index contributed by atoms with van der Waals surface area (Å²) in [6.07, 6.45) is 0. The summed E-state index contributed by atoms with van der Waals surface area (Å²) in [5, 5.41) is 15.6. The van der Waals surface area contributed by atoms with Crippen molar-refractivity contribution in [3.8, 4) is 11.1 Å². The summed E-state index contributed by atoms with van der Waals surface area (Å²) in [6.45, 7) is 0.464. The van der Waals surface area contributed by atoms with E-state index in [0.29, 0.717) is 23.2 Å². The lowest BCUT2D eigenvalue weighted by molar-refractivity contribution is 0.0966. The van der Waals surface area contributed by atoms with Crippen molar-refractivity contribution in [1.29, 1.82) is 5.41 Å². The largest absolute Gasteiger partial charge is 0.384 e. The summed E-state index contributed by atoms with van der Waals surface area (Å²) in [4.78, 5) is 11.6. The van der Waals surface area contributed by atoms with E-state index in [4.69, 9.17) is 16.3 Å². The maximum atomic E-state index is 11.8. The first-order valence-electron chi connectivity index (χ1n) is 6.71. The molecule has 3 rings (SSSR count). The molecule has 1 heterocycles. The number of hydrogen-bond acceptors (Lipinski definition) is 4. The molecule has 0 unspecified atom stereocenters. The highest BCUT2D eigenvalue weighted by Gasteiger charge is 2.23. The third kappa shape index (κ3) is 2.58. The standard InChI is InChI=1S/C15H14N4O3S/c16-14(17)13-10(2-1-3-12(13)23(18,21)22)8-4-5-9-7-19-15(20)11(9)6-8/h1-6H,7H2,(H3,16,17)(H,19,20)(H2,18,21,22). The van der Waals surface area contributed by atoms with Gasteiger partial charge in [-0.3, -0.25) is 10.2 Å². The normalized spacial score (nSPS) is 13.5. The minimum absolute atomic E-state index is 0.0355. The van der Waals surface area contributed by atoms with E-state index in [2.05, 4.69) is 5.32 Å². The maximum Gasteiger partial charge on any atom is 0.251 e. The summed E-state index contributed by atoms with van der Waals surface area (Å²) in [5.74, 6) is -0.594. The number of amidine groups is 1. The molecule has 0 spiro atoms. The summed E-state index contributed by atoms with van der Waals surface area (Å²) >= 11 is 0. The summed E-state index contributed by atoms with van der Waals surface area (Å²) in [5.41, 5.74) is 8.03. The van der Waals surface area contributed by atoms with Gasteiger partial charge in [0, 0.05) is 17.7 Å². The van der Waals surface area contributed by atoms with Crippen LogP contribution in [0.5, 0.6) is 0 Å². The van der Waals surface area contributed by atoms with Gasteiger partial charge in [0.1, 0.15) is 5.84 Å². The van der Waals surface area contributed by atoms with Crippen molar-refractivity contribution < 1.29 is 13.2 Å². The van der Waals surface area contributed by atoms with E-state index in [-0.39, 0.29) is 16.4 Å². The number of nitrogens with two attached hydrogens (primary N) is 2. The topological polar surface area (TPSA) is 139 Å².